The zero-order chi connectivity index (χ0) is 19.4. The number of aryl methyl sites for hydroxylation is 1. The number of hydrazone groups is 1. The normalized spacial score (nSPS) is 11.1. The molecule has 3 rings (SSSR count). The molecular weight excluding hydrogens is 476 g/mol. The van der Waals surface area contributed by atoms with Crippen molar-refractivity contribution >= 4 is 54.8 Å². The second-order valence-electron chi connectivity index (χ2n) is 5.83. The lowest BCUT2D eigenvalue weighted by Crippen LogP contribution is -2.24. The highest BCUT2D eigenvalue weighted by Gasteiger charge is 2.10. The van der Waals surface area contributed by atoms with E-state index < -0.39 is 5.91 Å². The summed E-state index contributed by atoms with van der Waals surface area (Å²) in [6, 6.07) is 14.8. The maximum atomic E-state index is 12.0. The lowest BCUT2D eigenvalue weighted by Gasteiger charge is -2.11. The molecule has 0 atom stereocenters. The first kappa shape index (κ1) is 19.4. The van der Waals surface area contributed by atoms with E-state index in [-0.39, 0.29) is 12.4 Å². The van der Waals surface area contributed by atoms with E-state index in [2.05, 4.69) is 42.4 Å². The summed E-state index contributed by atoms with van der Waals surface area (Å²) in [5.74, 6) is 0.293. The Kier molecular flexibility index (Phi) is 6.13. The van der Waals surface area contributed by atoms with Crippen molar-refractivity contribution in [2.45, 2.75) is 6.92 Å². The van der Waals surface area contributed by atoms with Crippen molar-refractivity contribution in [3.8, 4) is 11.5 Å². The maximum absolute atomic E-state index is 12.0. The molecule has 2 N–H and O–H groups in total. The predicted octanol–water partition coefficient (Wildman–Crippen LogP) is 4.91. The number of phenolic OH excluding ortho intramolecular Hbond substituents is 1. The smallest absolute Gasteiger partial charge is 0.277 e. The van der Waals surface area contributed by atoms with Gasteiger partial charge in [-0.25, -0.2) is 5.43 Å². The SMILES string of the molecule is Cc1cc(Br)cc(Br)c1OCC(=O)N/N=C/c1c(O)ccc2ccccc12. The molecule has 0 spiro atoms. The number of phenols is 1. The van der Waals surface area contributed by atoms with Gasteiger partial charge in [-0.3, -0.25) is 4.79 Å². The summed E-state index contributed by atoms with van der Waals surface area (Å²) in [5, 5.41) is 15.8. The molecule has 5 nitrogen and oxygen atoms in total. The van der Waals surface area contributed by atoms with Crippen molar-refractivity contribution in [1.82, 2.24) is 5.43 Å². The number of amides is 1. The van der Waals surface area contributed by atoms with Crippen LogP contribution in [0.1, 0.15) is 11.1 Å². The number of nitrogens with zero attached hydrogens (tertiary/aromatic N) is 1. The van der Waals surface area contributed by atoms with E-state index in [1.807, 2.05) is 49.4 Å². The van der Waals surface area contributed by atoms with Crippen LogP contribution in [0.5, 0.6) is 11.5 Å². The average Bonchev–Trinajstić information content (AvgIpc) is 2.62. The van der Waals surface area contributed by atoms with Crippen LogP contribution >= 0.6 is 31.9 Å². The van der Waals surface area contributed by atoms with Crippen molar-refractivity contribution in [3.63, 3.8) is 0 Å². The van der Waals surface area contributed by atoms with E-state index in [4.69, 9.17) is 4.74 Å². The molecule has 0 unspecified atom stereocenters. The lowest BCUT2D eigenvalue weighted by molar-refractivity contribution is -0.123. The number of rotatable bonds is 5. The van der Waals surface area contributed by atoms with Crippen molar-refractivity contribution in [3.05, 3.63) is 68.6 Å². The molecule has 27 heavy (non-hydrogen) atoms. The number of hydrogen-bond acceptors (Lipinski definition) is 4. The van der Waals surface area contributed by atoms with Crippen LogP contribution in [-0.4, -0.2) is 23.8 Å². The van der Waals surface area contributed by atoms with Crippen molar-refractivity contribution in [1.29, 1.82) is 0 Å². The highest BCUT2D eigenvalue weighted by atomic mass is 79.9. The summed E-state index contributed by atoms with van der Waals surface area (Å²) in [5.41, 5.74) is 3.85. The number of fused-ring (bicyclic) bond motifs is 1. The third-order valence-corrected chi connectivity index (χ3v) is 4.92. The Balaban J connectivity index is 1.66. The Bertz CT molecular complexity index is 1010. The van der Waals surface area contributed by atoms with E-state index in [1.54, 1.807) is 6.07 Å². The molecule has 3 aromatic carbocycles. The van der Waals surface area contributed by atoms with Crippen LogP contribution in [0, 0.1) is 6.92 Å². The van der Waals surface area contributed by atoms with Gasteiger partial charge in [0.2, 0.25) is 0 Å². The first-order valence-electron chi connectivity index (χ1n) is 8.07. The quantitative estimate of drug-likeness (QED) is 0.393. The van der Waals surface area contributed by atoms with Crippen LogP contribution < -0.4 is 10.2 Å². The number of aromatic hydroxyl groups is 1. The molecular formula is C20H16Br2N2O3. The van der Waals surface area contributed by atoms with E-state index >= 15 is 0 Å². The summed E-state index contributed by atoms with van der Waals surface area (Å²) in [6.45, 7) is 1.71. The number of nitrogens with one attached hydrogen (secondary N) is 1. The molecule has 0 saturated carbocycles. The minimum Gasteiger partial charge on any atom is -0.507 e. The fraction of sp³-hybridized carbons (Fsp3) is 0.100. The maximum Gasteiger partial charge on any atom is 0.277 e. The van der Waals surface area contributed by atoms with Crippen LogP contribution in [0.2, 0.25) is 0 Å². The Labute approximate surface area is 173 Å². The Morgan fingerprint density at radius 2 is 2.00 bits per heavy atom. The number of halogens is 2. The van der Waals surface area contributed by atoms with E-state index in [0.717, 1.165) is 25.3 Å². The van der Waals surface area contributed by atoms with Gasteiger partial charge in [-0.1, -0.05) is 46.3 Å². The Morgan fingerprint density at radius 1 is 1.22 bits per heavy atom. The number of carbonyl (C=O) groups excluding carboxylic acids is 1. The fourth-order valence-electron chi connectivity index (χ4n) is 2.63. The zero-order valence-corrected chi connectivity index (χ0v) is 17.5. The first-order chi connectivity index (χ1) is 13.0. The zero-order valence-electron chi connectivity index (χ0n) is 14.4. The third kappa shape index (κ3) is 4.67. The molecule has 0 radical (unpaired) electrons. The van der Waals surface area contributed by atoms with Gasteiger partial charge in [0.25, 0.3) is 5.91 Å². The van der Waals surface area contributed by atoms with Crippen molar-refractivity contribution in [2.75, 3.05) is 6.61 Å². The largest absolute Gasteiger partial charge is 0.507 e. The summed E-state index contributed by atoms with van der Waals surface area (Å²) in [4.78, 5) is 12.0. The number of benzene rings is 3. The lowest BCUT2D eigenvalue weighted by atomic mass is 10.0. The van der Waals surface area contributed by atoms with Crippen LogP contribution in [0.3, 0.4) is 0 Å². The fourth-order valence-corrected chi connectivity index (χ4v) is 4.18. The molecule has 0 aliphatic heterocycles. The molecule has 1 amide bonds. The molecule has 0 aromatic heterocycles. The summed E-state index contributed by atoms with van der Waals surface area (Å²) < 4.78 is 7.25. The minimum absolute atomic E-state index is 0.0948. The molecule has 0 aliphatic carbocycles. The molecule has 0 saturated heterocycles. The molecule has 0 aliphatic rings. The van der Waals surface area contributed by atoms with Crippen LogP contribution in [0.25, 0.3) is 10.8 Å². The van der Waals surface area contributed by atoms with Crippen LogP contribution in [0.4, 0.5) is 0 Å². The van der Waals surface area contributed by atoms with Gasteiger partial charge in [0.15, 0.2) is 6.61 Å². The monoisotopic (exact) mass is 490 g/mol. The molecule has 0 fully saturated rings. The summed E-state index contributed by atoms with van der Waals surface area (Å²) in [6.07, 6.45) is 1.43. The van der Waals surface area contributed by atoms with E-state index in [1.165, 1.54) is 6.21 Å². The second-order valence-corrected chi connectivity index (χ2v) is 7.60. The van der Waals surface area contributed by atoms with Gasteiger partial charge in [0.05, 0.1) is 10.7 Å². The van der Waals surface area contributed by atoms with Gasteiger partial charge in [0.1, 0.15) is 11.5 Å². The molecule has 7 heteroatoms. The predicted molar refractivity (Wildman–Crippen MR) is 113 cm³/mol. The highest BCUT2D eigenvalue weighted by molar-refractivity contribution is 9.11. The van der Waals surface area contributed by atoms with Gasteiger partial charge in [-0.15, -0.1) is 0 Å². The molecule has 0 bridgehead atoms. The molecule has 138 valence electrons. The number of hydrogen-bond donors (Lipinski definition) is 2. The number of carbonyl (C=O) groups is 1. The second kappa shape index (κ2) is 8.54. The van der Waals surface area contributed by atoms with Gasteiger partial charge in [0, 0.05) is 10.0 Å². The summed E-state index contributed by atoms with van der Waals surface area (Å²) >= 11 is 6.82. The Hall–Kier alpha value is -2.38. The van der Waals surface area contributed by atoms with E-state index in [9.17, 15) is 9.90 Å². The van der Waals surface area contributed by atoms with Crippen molar-refractivity contribution in [2.24, 2.45) is 5.10 Å². The Morgan fingerprint density at radius 3 is 2.78 bits per heavy atom. The van der Waals surface area contributed by atoms with Gasteiger partial charge in [-0.2, -0.15) is 5.10 Å². The van der Waals surface area contributed by atoms with Gasteiger partial charge >= 0.3 is 0 Å². The highest BCUT2D eigenvalue weighted by Crippen LogP contribution is 2.32. The van der Waals surface area contributed by atoms with Gasteiger partial charge < -0.3 is 9.84 Å². The molecule has 3 aromatic rings. The third-order valence-electron chi connectivity index (χ3n) is 3.87. The standard InChI is InChI=1S/C20H16Br2N2O3/c1-12-8-14(21)9-17(22)20(12)27-11-19(26)24-23-10-16-15-5-3-2-4-13(15)6-7-18(16)25/h2-10,25H,11H2,1H3,(H,24,26)/b23-10+. The summed E-state index contributed by atoms with van der Waals surface area (Å²) in [7, 11) is 0. The minimum atomic E-state index is -0.403. The van der Waals surface area contributed by atoms with Crippen LogP contribution in [0.15, 0.2) is 62.6 Å². The average molecular weight is 492 g/mol. The van der Waals surface area contributed by atoms with Crippen LogP contribution in [-0.2, 0) is 4.79 Å². The van der Waals surface area contributed by atoms with Gasteiger partial charge in [-0.05, 0) is 57.4 Å². The first-order valence-corrected chi connectivity index (χ1v) is 9.65. The number of ether oxygens (including phenoxy) is 1. The molecule has 0 heterocycles. The van der Waals surface area contributed by atoms with Crippen molar-refractivity contribution < 1.29 is 14.6 Å². The van der Waals surface area contributed by atoms with E-state index in [0.29, 0.717) is 11.3 Å². The topological polar surface area (TPSA) is 70.9 Å².